The van der Waals surface area contributed by atoms with Gasteiger partial charge in [0.1, 0.15) is 0 Å². The molecule has 0 spiro atoms. The number of hydrogen-bond donors (Lipinski definition) is 4. The molecule has 0 aromatic heterocycles. The molecule has 0 aliphatic heterocycles. The Morgan fingerprint density at radius 3 is 1.36 bits per heavy atom. The summed E-state index contributed by atoms with van der Waals surface area (Å²) in [7, 11) is 0. The van der Waals surface area contributed by atoms with E-state index >= 15 is 0 Å². The van der Waals surface area contributed by atoms with Gasteiger partial charge in [-0.15, -0.1) is 0 Å². The zero-order valence-corrected chi connectivity index (χ0v) is 17.2. The second kappa shape index (κ2) is 12.1. The summed E-state index contributed by atoms with van der Waals surface area (Å²) in [5.74, 6) is 0.820. The first-order valence-corrected chi connectivity index (χ1v) is 9.93. The standard InChI is InChI=1S/C20H26Cl2N6/c21-15-5-9-17(10-6-15)27-19(23)25-13-3-1-2-4-14-26-20(24)28-18-11-7-16(22)8-12-18/h5-12H,1-4,13-14H2,(H3,23,25,27)(H3,24,26,28). The third-order valence-corrected chi connectivity index (χ3v) is 4.37. The second-order valence-electron chi connectivity index (χ2n) is 6.21. The van der Waals surface area contributed by atoms with E-state index in [1.165, 1.54) is 0 Å². The lowest BCUT2D eigenvalue weighted by Crippen LogP contribution is -2.22. The molecule has 2 rings (SSSR count). The minimum atomic E-state index is 0.410. The number of nitrogens with one attached hydrogen (secondary N) is 2. The van der Waals surface area contributed by atoms with Gasteiger partial charge in [0.25, 0.3) is 0 Å². The minimum absolute atomic E-state index is 0.410. The molecule has 0 amide bonds. The molecule has 6 N–H and O–H groups in total. The molecule has 2 aromatic rings. The van der Waals surface area contributed by atoms with Crippen molar-refractivity contribution in [3.05, 3.63) is 58.6 Å². The van der Waals surface area contributed by atoms with Gasteiger partial charge >= 0.3 is 0 Å². The minimum Gasteiger partial charge on any atom is -0.370 e. The van der Waals surface area contributed by atoms with Gasteiger partial charge < -0.3 is 22.1 Å². The molecule has 150 valence electrons. The SMILES string of the molecule is NC(=NCCCCCCN=C(N)Nc1ccc(Cl)cc1)Nc1ccc(Cl)cc1. The first-order valence-electron chi connectivity index (χ1n) is 9.18. The van der Waals surface area contributed by atoms with Gasteiger partial charge in [0, 0.05) is 34.5 Å². The van der Waals surface area contributed by atoms with Crippen LogP contribution in [0.3, 0.4) is 0 Å². The van der Waals surface area contributed by atoms with Crippen LogP contribution in [0.4, 0.5) is 11.4 Å². The van der Waals surface area contributed by atoms with Gasteiger partial charge in [-0.25, -0.2) is 0 Å². The van der Waals surface area contributed by atoms with E-state index in [1.807, 2.05) is 24.3 Å². The third kappa shape index (κ3) is 8.97. The highest BCUT2D eigenvalue weighted by molar-refractivity contribution is 6.30. The Hall–Kier alpha value is -2.44. The summed E-state index contributed by atoms with van der Waals surface area (Å²) in [6.07, 6.45) is 4.09. The number of guanidine groups is 2. The summed E-state index contributed by atoms with van der Waals surface area (Å²) in [5, 5.41) is 7.45. The monoisotopic (exact) mass is 420 g/mol. The zero-order valence-electron chi connectivity index (χ0n) is 15.7. The Kier molecular flexibility index (Phi) is 9.45. The molecular formula is C20H26Cl2N6. The van der Waals surface area contributed by atoms with Crippen LogP contribution in [0.15, 0.2) is 58.5 Å². The molecule has 0 fully saturated rings. The molecular weight excluding hydrogens is 395 g/mol. The molecule has 0 radical (unpaired) electrons. The van der Waals surface area contributed by atoms with E-state index in [0.717, 1.165) is 37.1 Å². The highest BCUT2D eigenvalue weighted by Gasteiger charge is 1.97. The van der Waals surface area contributed by atoms with Crippen LogP contribution in [0.2, 0.25) is 10.0 Å². The number of anilines is 2. The van der Waals surface area contributed by atoms with Crippen molar-refractivity contribution in [1.82, 2.24) is 0 Å². The van der Waals surface area contributed by atoms with Crippen molar-refractivity contribution < 1.29 is 0 Å². The Labute approximate surface area is 176 Å². The van der Waals surface area contributed by atoms with Gasteiger partial charge in [-0.05, 0) is 61.4 Å². The fourth-order valence-corrected chi connectivity index (χ4v) is 2.67. The number of nitrogens with zero attached hydrogens (tertiary/aromatic N) is 2. The fourth-order valence-electron chi connectivity index (χ4n) is 2.42. The van der Waals surface area contributed by atoms with Crippen LogP contribution in [-0.4, -0.2) is 25.0 Å². The molecule has 0 heterocycles. The number of hydrogen-bond acceptors (Lipinski definition) is 2. The maximum absolute atomic E-state index is 5.87. The van der Waals surface area contributed by atoms with Crippen molar-refractivity contribution in [1.29, 1.82) is 0 Å². The van der Waals surface area contributed by atoms with E-state index in [9.17, 15) is 0 Å². The van der Waals surface area contributed by atoms with Gasteiger partial charge in [-0.1, -0.05) is 36.0 Å². The predicted octanol–water partition coefficient (Wildman–Crippen LogP) is 4.71. The highest BCUT2D eigenvalue weighted by Crippen LogP contribution is 2.14. The van der Waals surface area contributed by atoms with Crippen LogP contribution in [0.1, 0.15) is 25.7 Å². The molecule has 0 saturated heterocycles. The second-order valence-corrected chi connectivity index (χ2v) is 7.08. The number of halogens is 2. The summed E-state index contributed by atoms with van der Waals surface area (Å²) < 4.78 is 0. The fraction of sp³-hybridized carbons (Fsp3) is 0.300. The summed E-state index contributed by atoms with van der Waals surface area (Å²) >= 11 is 11.7. The quantitative estimate of drug-likeness (QED) is 0.268. The van der Waals surface area contributed by atoms with Crippen molar-refractivity contribution >= 4 is 46.5 Å². The average molecular weight is 421 g/mol. The van der Waals surface area contributed by atoms with Crippen LogP contribution >= 0.6 is 23.2 Å². The van der Waals surface area contributed by atoms with Crippen molar-refractivity contribution in [2.45, 2.75) is 25.7 Å². The molecule has 28 heavy (non-hydrogen) atoms. The molecule has 0 bridgehead atoms. The predicted molar refractivity (Wildman–Crippen MR) is 122 cm³/mol. The number of rotatable bonds is 9. The average Bonchev–Trinajstić information content (AvgIpc) is 2.67. The van der Waals surface area contributed by atoms with E-state index in [4.69, 9.17) is 34.7 Å². The van der Waals surface area contributed by atoms with Crippen LogP contribution in [-0.2, 0) is 0 Å². The maximum Gasteiger partial charge on any atom is 0.193 e. The molecule has 2 aromatic carbocycles. The Bertz CT molecular complexity index is 705. The Balaban J connectivity index is 1.54. The molecule has 0 saturated carbocycles. The molecule has 8 heteroatoms. The van der Waals surface area contributed by atoms with Crippen molar-refractivity contribution in [3.8, 4) is 0 Å². The third-order valence-electron chi connectivity index (χ3n) is 3.86. The van der Waals surface area contributed by atoms with Crippen LogP contribution < -0.4 is 22.1 Å². The molecule has 0 unspecified atom stereocenters. The summed E-state index contributed by atoms with van der Waals surface area (Å²) in [5.41, 5.74) is 13.5. The van der Waals surface area contributed by atoms with Gasteiger partial charge in [0.05, 0.1) is 0 Å². The van der Waals surface area contributed by atoms with E-state index < -0.39 is 0 Å². The number of aliphatic imine (C=N–C) groups is 2. The molecule has 6 nitrogen and oxygen atoms in total. The summed E-state index contributed by atoms with van der Waals surface area (Å²) in [4.78, 5) is 8.65. The topological polar surface area (TPSA) is 101 Å². The van der Waals surface area contributed by atoms with Crippen LogP contribution in [0, 0.1) is 0 Å². The van der Waals surface area contributed by atoms with Crippen molar-refractivity contribution in [2.75, 3.05) is 23.7 Å². The van der Waals surface area contributed by atoms with Crippen LogP contribution in [0.25, 0.3) is 0 Å². The van der Waals surface area contributed by atoms with Gasteiger partial charge in [0.2, 0.25) is 0 Å². The van der Waals surface area contributed by atoms with Gasteiger partial charge in [0.15, 0.2) is 11.9 Å². The number of benzene rings is 2. The Morgan fingerprint density at radius 1 is 0.643 bits per heavy atom. The summed E-state index contributed by atoms with van der Waals surface area (Å²) in [6.45, 7) is 1.38. The lowest BCUT2D eigenvalue weighted by Gasteiger charge is -2.06. The van der Waals surface area contributed by atoms with E-state index in [-0.39, 0.29) is 0 Å². The van der Waals surface area contributed by atoms with Crippen molar-refractivity contribution in [2.24, 2.45) is 21.5 Å². The molecule has 0 aliphatic carbocycles. The van der Waals surface area contributed by atoms with Gasteiger partial charge in [-0.2, -0.15) is 0 Å². The van der Waals surface area contributed by atoms with Gasteiger partial charge in [-0.3, -0.25) is 9.98 Å². The normalized spacial score (nSPS) is 12.1. The molecule has 0 aliphatic rings. The molecule has 0 atom stereocenters. The van der Waals surface area contributed by atoms with E-state index in [0.29, 0.717) is 35.1 Å². The maximum atomic E-state index is 5.87. The smallest absolute Gasteiger partial charge is 0.193 e. The Morgan fingerprint density at radius 2 is 1.00 bits per heavy atom. The zero-order chi connectivity index (χ0) is 20.2. The van der Waals surface area contributed by atoms with E-state index in [2.05, 4.69) is 20.6 Å². The number of unbranched alkanes of at least 4 members (excludes halogenated alkanes) is 3. The van der Waals surface area contributed by atoms with Crippen molar-refractivity contribution in [3.63, 3.8) is 0 Å². The van der Waals surface area contributed by atoms with Crippen LogP contribution in [0.5, 0.6) is 0 Å². The highest BCUT2D eigenvalue weighted by atomic mass is 35.5. The lowest BCUT2D eigenvalue weighted by atomic mass is 10.2. The van der Waals surface area contributed by atoms with E-state index in [1.54, 1.807) is 24.3 Å². The number of nitrogens with two attached hydrogens (primary N) is 2. The largest absolute Gasteiger partial charge is 0.370 e. The first-order chi connectivity index (χ1) is 13.5. The summed E-state index contributed by atoms with van der Waals surface area (Å²) in [6, 6.07) is 14.7. The first kappa shape index (κ1) is 21.9. The lowest BCUT2D eigenvalue weighted by molar-refractivity contribution is 0.654.